The number of aldehydes is 1. The van der Waals surface area contributed by atoms with Gasteiger partial charge in [0.2, 0.25) is 0 Å². The van der Waals surface area contributed by atoms with E-state index in [2.05, 4.69) is 0 Å². The number of thiophene rings is 1. The van der Waals surface area contributed by atoms with Crippen LogP contribution in [0.15, 0.2) is 46.7 Å². The van der Waals surface area contributed by atoms with Crippen LogP contribution in [0.4, 0.5) is 0 Å². The quantitative estimate of drug-likeness (QED) is 0.460. The first kappa shape index (κ1) is 14.8. The van der Waals surface area contributed by atoms with E-state index in [1.807, 2.05) is 41.8 Å². The van der Waals surface area contributed by atoms with Crippen molar-refractivity contribution in [2.75, 3.05) is 6.61 Å². The fraction of sp³-hybridized carbons (Fsp3) is 0.200. The molecular weight excluding hydrogens is 292 g/mol. The SMILES string of the molecule is CCOC(=O)C(Sc1ccsc1C=O)c1ccccc1. The molecule has 1 heterocycles. The fourth-order valence-corrected chi connectivity index (χ4v) is 3.71. The van der Waals surface area contributed by atoms with Gasteiger partial charge in [-0.1, -0.05) is 30.3 Å². The molecule has 0 aliphatic rings. The minimum absolute atomic E-state index is 0.285. The molecule has 3 nitrogen and oxygen atoms in total. The minimum atomic E-state index is -0.454. The topological polar surface area (TPSA) is 43.4 Å². The second-order valence-corrected chi connectivity index (χ2v) is 6.02. The zero-order valence-corrected chi connectivity index (χ0v) is 12.6. The lowest BCUT2D eigenvalue weighted by Crippen LogP contribution is -2.13. The molecule has 2 rings (SSSR count). The van der Waals surface area contributed by atoms with E-state index in [1.165, 1.54) is 23.1 Å². The Kier molecular flexibility index (Phi) is 5.38. The number of benzene rings is 1. The second kappa shape index (κ2) is 7.26. The van der Waals surface area contributed by atoms with E-state index >= 15 is 0 Å². The highest BCUT2D eigenvalue weighted by atomic mass is 32.2. The minimum Gasteiger partial charge on any atom is -0.465 e. The van der Waals surface area contributed by atoms with Crippen molar-refractivity contribution in [1.82, 2.24) is 0 Å². The number of rotatable bonds is 6. The summed E-state index contributed by atoms with van der Waals surface area (Å²) in [6.07, 6.45) is 0.820. The van der Waals surface area contributed by atoms with Crippen molar-refractivity contribution in [2.45, 2.75) is 17.1 Å². The van der Waals surface area contributed by atoms with Gasteiger partial charge < -0.3 is 4.74 Å². The van der Waals surface area contributed by atoms with Gasteiger partial charge in [0.25, 0.3) is 0 Å². The van der Waals surface area contributed by atoms with Crippen molar-refractivity contribution in [3.8, 4) is 0 Å². The molecule has 20 heavy (non-hydrogen) atoms. The van der Waals surface area contributed by atoms with Crippen LogP contribution in [0.1, 0.15) is 27.4 Å². The molecule has 0 aliphatic carbocycles. The van der Waals surface area contributed by atoms with Crippen molar-refractivity contribution in [1.29, 1.82) is 0 Å². The molecule has 0 spiro atoms. The molecule has 0 saturated heterocycles. The summed E-state index contributed by atoms with van der Waals surface area (Å²) in [7, 11) is 0. The van der Waals surface area contributed by atoms with Crippen LogP contribution < -0.4 is 0 Å². The number of ether oxygens (including phenoxy) is 1. The predicted molar refractivity (Wildman–Crippen MR) is 81.4 cm³/mol. The molecule has 0 fully saturated rings. The molecule has 1 aromatic carbocycles. The zero-order valence-electron chi connectivity index (χ0n) is 10.9. The molecule has 104 valence electrons. The van der Waals surface area contributed by atoms with Crippen LogP contribution in [0.25, 0.3) is 0 Å². The molecule has 0 N–H and O–H groups in total. The Labute approximate surface area is 126 Å². The number of hydrogen-bond acceptors (Lipinski definition) is 5. The number of thioether (sulfide) groups is 1. The Morgan fingerprint density at radius 3 is 2.75 bits per heavy atom. The van der Waals surface area contributed by atoms with E-state index in [9.17, 15) is 9.59 Å². The Hall–Kier alpha value is -1.59. The molecule has 0 radical (unpaired) electrons. The van der Waals surface area contributed by atoms with E-state index in [4.69, 9.17) is 4.74 Å². The first-order valence-electron chi connectivity index (χ1n) is 6.17. The Balaban J connectivity index is 2.28. The van der Waals surface area contributed by atoms with Gasteiger partial charge in [-0.05, 0) is 23.9 Å². The molecule has 2 aromatic rings. The van der Waals surface area contributed by atoms with Gasteiger partial charge in [0.05, 0.1) is 11.5 Å². The maximum atomic E-state index is 12.1. The van der Waals surface area contributed by atoms with Gasteiger partial charge in [-0.2, -0.15) is 0 Å². The second-order valence-electron chi connectivity index (χ2n) is 3.93. The highest BCUT2D eigenvalue weighted by Gasteiger charge is 2.24. The average molecular weight is 306 g/mol. The molecular formula is C15H14O3S2. The smallest absolute Gasteiger partial charge is 0.323 e. The summed E-state index contributed by atoms with van der Waals surface area (Å²) in [6, 6.07) is 11.3. The molecule has 0 amide bonds. The zero-order chi connectivity index (χ0) is 14.4. The maximum absolute atomic E-state index is 12.1. The number of hydrogen-bond donors (Lipinski definition) is 0. The highest BCUT2D eigenvalue weighted by molar-refractivity contribution is 8.00. The third-order valence-electron chi connectivity index (χ3n) is 2.61. The van der Waals surface area contributed by atoms with Crippen molar-refractivity contribution in [3.63, 3.8) is 0 Å². The fourth-order valence-electron chi connectivity index (χ4n) is 1.72. The summed E-state index contributed by atoms with van der Waals surface area (Å²) in [5, 5.41) is 1.39. The van der Waals surface area contributed by atoms with Gasteiger partial charge in [0, 0.05) is 4.90 Å². The average Bonchev–Trinajstić information content (AvgIpc) is 2.93. The summed E-state index contributed by atoms with van der Waals surface area (Å²) in [4.78, 5) is 24.6. The molecule has 1 unspecified atom stereocenters. The lowest BCUT2D eigenvalue weighted by atomic mass is 10.1. The molecule has 1 atom stereocenters. The lowest BCUT2D eigenvalue weighted by molar-refractivity contribution is -0.142. The summed E-state index contributed by atoms with van der Waals surface area (Å²) in [6.45, 7) is 2.12. The summed E-state index contributed by atoms with van der Waals surface area (Å²) in [5.41, 5.74) is 0.874. The maximum Gasteiger partial charge on any atom is 0.323 e. The summed E-state index contributed by atoms with van der Waals surface area (Å²) in [5.74, 6) is -0.285. The largest absolute Gasteiger partial charge is 0.465 e. The third-order valence-corrected chi connectivity index (χ3v) is 4.89. The number of esters is 1. The Morgan fingerprint density at radius 2 is 2.10 bits per heavy atom. The van der Waals surface area contributed by atoms with Gasteiger partial charge in [0.15, 0.2) is 6.29 Å². The first-order chi connectivity index (χ1) is 9.76. The molecule has 0 saturated carbocycles. The predicted octanol–water partition coefficient (Wildman–Crippen LogP) is 3.96. The normalized spacial score (nSPS) is 11.8. The van der Waals surface area contributed by atoms with Gasteiger partial charge >= 0.3 is 5.97 Å². The van der Waals surface area contributed by atoms with Gasteiger partial charge in [-0.15, -0.1) is 23.1 Å². The van der Waals surface area contributed by atoms with Crippen molar-refractivity contribution < 1.29 is 14.3 Å². The van der Waals surface area contributed by atoms with Crippen LogP contribution >= 0.6 is 23.1 Å². The Bertz CT molecular complexity index is 578. The van der Waals surface area contributed by atoms with Crippen LogP contribution in [0.5, 0.6) is 0 Å². The van der Waals surface area contributed by atoms with Crippen LogP contribution in [-0.2, 0) is 9.53 Å². The molecule has 0 bridgehead atoms. The van der Waals surface area contributed by atoms with E-state index in [0.717, 1.165) is 16.7 Å². The van der Waals surface area contributed by atoms with E-state index in [-0.39, 0.29) is 5.97 Å². The van der Waals surface area contributed by atoms with Gasteiger partial charge in [0.1, 0.15) is 5.25 Å². The van der Waals surface area contributed by atoms with Gasteiger partial charge in [-0.3, -0.25) is 9.59 Å². The highest BCUT2D eigenvalue weighted by Crippen LogP contribution is 2.39. The van der Waals surface area contributed by atoms with Crippen LogP contribution in [0.2, 0.25) is 0 Å². The number of carbonyl (C=O) groups is 2. The van der Waals surface area contributed by atoms with Crippen molar-refractivity contribution in [2.24, 2.45) is 0 Å². The standard InChI is InChI=1S/C15H14O3S2/c1-2-18-15(17)14(11-6-4-3-5-7-11)20-12-8-9-19-13(12)10-16/h3-10,14H,2H2,1H3. The molecule has 1 aromatic heterocycles. The monoisotopic (exact) mass is 306 g/mol. The molecule has 5 heteroatoms. The summed E-state index contributed by atoms with van der Waals surface area (Å²) < 4.78 is 5.14. The summed E-state index contributed by atoms with van der Waals surface area (Å²) >= 11 is 2.72. The third kappa shape index (κ3) is 3.49. The van der Waals surface area contributed by atoms with Crippen molar-refractivity contribution in [3.05, 3.63) is 52.2 Å². The van der Waals surface area contributed by atoms with Crippen LogP contribution in [-0.4, -0.2) is 18.9 Å². The molecule has 0 aliphatic heterocycles. The van der Waals surface area contributed by atoms with Crippen LogP contribution in [0, 0.1) is 0 Å². The first-order valence-corrected chi connectivity index (χ1v) is 7.93. The van der Waals surface area contributed by atoms with Crippen molar-refractivity contribution >= 4 is 35.4 Å². The van der Waals surface area contributed by atoms with E-state index in [0.29, 0.717) is 11.5 Å². The van der Waals surface area contributed by atoms with E-state index in [1.54, 1.807) is 6.92 Å². The lowest BCUT2D eigenvalue weighted by Gasteiger charge is -2.15. The number of carbonyl (C=O) groups excluding carboxylic acids is 2. The van der Waals surface area contributed by atoms with E-state index < -0.39 is 5.25 Å². The Morgan fingerprint density at radius 1 is 1.35 bits per heavy atom. The van der Waals surface area contributed by atoms with Gasteiger partial charge in [-0.25, -0.2) is 0 Å². The van der Waals surface area contributed by atoms with Crippen LogP contribution in [0.3, 0.4) is 0 Å².